The van der Waals surface area contributed by atoms with Crippen LogP contribution in [0.2, 0.25) is 0 Å². The van der Waals surface area contributed by atoms with Crippen molar-refractivity contribution in [3.05, 3.63) is 64.7 Å². The van der Waals surface area contributed by atoms with Gasteiger partial charge < -0.3 is 15.7 Å². The molecule has 0 unspecified atom stereocenters. The minimum Gasteiger partial charge on any atom is -0.394 e. The summed E-state index contributed by atoms with van der Waals surface area (Å²) in [6, 6.07) is 8.40. The van der Waals surface area contributed by atoms with Gasteiger partial charge in [-0.3, -0.25) is 15.1 Å². The van der Waals surface area contributed by atoms with Gasteiger partial charge in [-0.1, -0.05) is 0 Å². The summed E-state index contributed by atoms with van der Waals surface area (Å²) in [5.74, 6) is -0.335. The lowest BCUT2D eigenvalue weighted by Crippen LogP contribution is -2.21. The Balaban J connectivity index is 1.98. The van der Waals surface area contributed by atoms with E-state index in [0.29, 0.717) is 17.2 Å². The molecule has 0 spiro atoms. The Labute approximate surface area is 159 Å². The van der Waals surface area contributed by atoms with E-state index in [2.05, 4.69) is 25.6 Å². The number of rotatable bonds is 7. The fraction of sp³-hybridized carbons (Fsp3) is 0.167. The Kier molecular flexibility index (Phi) is 5.70. The van der Waals surface area contributed by atoms with Gasteiger partial charge in [-0.25, -0.2) is 4.98 Å². The number of aliphatic hydroxyl groups is 1. The number of nitrogens with one attached hydrogen (secondary N) is 2. The van der Waals surface area contributed by atoms with Crippen LogP contribution < -0.4 is 10.6 Å². The van der Waals surface area contributed by atoms with E-state index in [1.165, 1.54) is 6.07 Å². The molecule has 144 valence electrons. The van der Waals surface area contributed by atoms with Crippen molar-refractivity contribution in [2.24, 2.45) is 0 Å². The van der Waals surface area contributed by atoms with Crippen molar-refractivity contribution < 1.29 is 14.4 Å². The van der Waals surface area contributed by atoms with E-state index >= 15 is 0 Å². The molecule has 10 heteroatoms. The maximum Gasteiger partial charge on any atom is 0.306 e. The van der Waals surface area contributed by atoms with Gasteiger partial charge in [0, 0.05) is 41.8 Å². The van der Waals surface area contributed by atoms with Gasteiger partial charge in [-0.15, -0.1) is 0 Å². The summed E-state index contributed by atoms with van der Waals surface area (Å²) in [6.45, 7) is 1.64. The van der Waals surface area contributed by atoms with Crippen molar-refractivity contribution in [1.82, 2.24) is 15.0 Å². The van der Waals surface area contributed by atoms with Gasteiger partial charge in [0.25, 0.3) is 0 Å². The SMILES string of the molecule is C[C@H](CO)Nc1nc(Nc2ccc(F)c([N+](=O)[O-])c2)cc(-c2cccnc2)n1. The number of hydrogen-bond donors (Lipinski definition) is 3. The minimum absolute atomic E-state index is 0.118. The van der Waals surface area contributed by atoms with E-state index in [0.717, 1.165) is 17.7 Å². The first-order valence-electron chi connectivity index (χ1n) is 8.34. The molecular formula is C18H17FN6O3. The van der Waals surface area contributed by atoms with Gasteiger partial charge in [0.05, 0.1) is 17.2 Å². The third-order valence-corrected chi connectivity index (χ3v) is 3.75. The molecule has 0 saturated heterocycles. The second-order valence-corrected chi connectivity index (χ2v) is 5.98. The van der Waals surface area contributed by atoms with Crippen LogP contribution in [0.1, 0.15) is 6.92 Å². The highest BCUT2D eigenvalue weighted by molar-refractivity contribution is 5.67. The number of anilines is 3. The summed E-state index contributed by atoms with van der Waals surface area (Å²) in [4.78, 5) is 22.9. The molecule has 1 atom stereocenters. The number of nitrogens with zero attached hydrogens (tertiary/aromatic N) is 4. The van der Waals surface area contributed by atoms with Crippen molar-refractivity contribution in [3.8, 4) is 11.3 Å². The first kappa shape index (κ1) is 19.1. The number of benzene rings is 1. The van der Waals surface area contributed by atoms with Crippen molar-refractivity contribution in [1.29, 1.82) is 0 Å². The zero-order chi connectivity index (χ0) is 20.1. The van der Waals surface area contributed by atoms with Crippen LogP contribution >= 0.6 is 0 Å². The van der Waals surface area contributed by atoms with Crippen molar-refractivity contribution >= 4 is 23.1 Å². The van der Waals surface area contributed by atoms with E-state index in [1.807, 2.05) is 6.07 Å². The quantitative estimate of drug-likeness (QED) is 0.419. The number of aliphatic hydroxyl groups excluding tert-OH is 1. The number of aromatic nitrogens is 3. The number of hydrogen-bond acceptors (Lipinski definition) is 8. The first-order chi connectivity index (χ1) is 13.5. The molecule has 0 amide bonds. The summed E-state index contributed by atoms with van der Waals surface area (Å²) in [5.41, 5.74) is 0.941. The lowest BCUT2D eigenvalue weighted by atomic mass is 10.2. The van der Waals surface area contributed by atoms with Crippen molar-refractivity contribution in [3.63, 3.8) is 0 Å². The summed E-state index contributed by atoms with van der Waals surface area (Å²) in [6.07, 6.45) is 3.27. The molecule has 3 aromatic rings. The minimum atomic E-state index is -0.923. The molecule has 9 nitrogen and oxygen atoms in total. The molecule has 0 aliphatic heterocycles. The molecule has 0 bridgehead atoms. The van der Waals surface area contributed by atoms with E-state index in [4.69, 9.17) is 0 Å². The van der Waals surface area contributed by atoms with Crippen molar-refractivity contribution in [2.75, 3.05) is 17.2 Å². The van der Waals surface area contributed by atoms with E-state index in [1.54, 1.807) is 31.5 Å². The van der Waals surface area contributed by atoms with Crippen LogP contribution in [-0.2, 0) is 0 Å². The van der Waals surface area contributed by atoms with Crippen LogP contribution in [0.4, 0.5) is 27.5 Å². The molecule has 0 saturated carbocycles. The van der Waals surface area contributed by atoms with Crippen LogP contribution in [0.15, 0.2) is 48.8 Å². The van der Waals surface area contributed by atoms with Crippen LogP contribution in [0.25, 0.3) is 11.3 Å². The molecule has 3 rings (SSSR count). The topological polar surface area (TPSA) is 126 Å². The Bertz CT molecular complexity index is 986. The number of nitro benzene ring substituents is 1. The van der Waals surface area contributed by atoms with Gasteiger partial charge in [0.1, 0.15) is 5.82 Å². The maximum atomic E-state index is 13.6. The highest BCUT2D eigenvalue weighted by Gasteiger charge is 2.15. The molecule has 3 N–H and O–H groups in total. The molecule has 1 aromatic carbocycles. The summed E-state index contributed by atoms with van der Waals surface area (Å²) >= 11 is 0. The molecule has 0 aliphatic rings. The van der Waals surface area contributed by atoms with Crippen LogP contribution in [0.3, 0.4) is 0 Å². The normalized spacial score (nSPS) is 11.7. The Morgan fingerprint density at radius 3 is 2.79 bits per heavy atom. The van der Waals surface area contributed by atoms with Gasteiger partial charge in [-0.05, 0) is 31.2 Å². The Morgan fingerprint density at radius 2 is 2.11 bits per heavy atom. The highest BCUT2D eigenvalue weighted by Crippen LogP contribution is 2.26. The zero-order valence-corrected chi connectivity index (χ0v) is 14.8. The van der Waals surface area contributed by atoms with Gasteiger partial charge >= 0.3 is 5.69 Å². The average molecular weight is 384 g/mol. The molecule has 0 radical (unpaired) electrons. The molecule has 2 heterocycles. The highest BCUT2D eigenvalue weighted by atomic mass is 19.1. The summed E-state index contributed by atoms with van der Waals surface area (Å²) < 4.78 is 13.6. The third-order valence-electron chi connectivity index (χ3n) is 3.75. The first-order valence-corrected chi connectivity index (χ1v) is 8.34. The summed E-state index contributed by atoms with van der Waals surface area (Å²) in [5, 5.41) is 26.1. The summed E-state index contributed by atoms with van der Waals surface area (Å²) in [7, 11) is 0. The zero-order valence-electron chi connectivity index (χ0n) is 14.8. The maximum absolute atomic E-state index is 13.6. The Hall–Kier alpha value is -3.66. The van der Waals surface area contributed by atoms with E-state index in [-0.39, 0.29) is 18.6 Å². The lowest BCUT2D eigenvalue weighted by molar-refractivity contribution is -0.387. The van der Waals surface area contributed by atoms with Crippen molar-refractivity contribution in [2.45, 2.75) is 13.0 Å². The van der Waals surface area contributed by atoms with E-state index in [9.17, 15) is 19.6 Å². The predicted octanol–water partition coefficient (Wildman–Crippen LogP) is 3.12. The second-order valence-electron chi connectivity index (χ2n) is 5.98. The molecule has 28 heavy (non-hydrogen) atoms. The second kappa shape index (κ2) is 8.35. The fourth-order valence-corrected chi connectivity index (χ4v) is 2.38. The molecule has 2 aromatic heterocycles. The average Bonchev–Trinajstić information content (AvgIpc) is 2.69. The predicted molar refractivity (Wildman–Crippen MR) is 102 cm³/mol. The van der Waals surface area contributed by atoms with Crippen LogP contribution in [0, 0.1) is 15.9 Å². The van der Waals surface area contributed by atoms with Crippen LogP contribution in [0.5, 0.6) is 0 Å². The molecular weight excluding hydrogens is 367 g/mol. The largest absolute Gasteiger partial charge is 0.394 e. The van der Waals surface area contributed by atoms with Gasteiger partial charge in [0.2, 0.25) is 11.8 Å². The fourth-order valence-electron chi connectivity index (χ4n) is 2.38. The number of nitro groups is 1. The third kappa shape index (κ3) is 4.54. The smallest absolute Gasteiger partial charge is 0.306 e. The standard InChI is InChI=1S/C18H17FN6O3/c1-11(10-26)21-18-23-15(12-3-2-6-20-9-12)8-17(24-18)22-13-4-5-14(19)16(7-13)25(27)28/h2-9,11,26H,10H2,1H3,(H2,21,22,23,24)/t11-/m1/s1. The van der Waals surface area contributed by atoms with Gasteiger partial charge in [0.15, 0.2) is 0 Å². The molecule has 0 aliphatic carbocycles. The van der Waals surface area contributed by atoms with Crippen LogP contribution in [-0.4, -0.2) is 37.6 Å². The monoisotopic (exact) mass is 384 g/mol. The number of pyridine rings is 1. The van der Waals surface area contributed by atoms with E-state index < -0.39 is 16.4 Å². The van der Waals surface area contributed by atoms with Gasteiger partial charge in [-0.2, -0.15) is 9.37 Å². The number of halogens is 1. The Morgan fingerprint density at radius 1 is 1.29 bits per heavy atom. The lowest BCUT2D eigenvalue weighted by Gasteiger charge is -2.14. The molecule has 0 fully saturated rings.